The summed E-state index contributed by atoms with van der Waals surface area (Å²) in [5.74, 6) is -0.187. The second-order valence-corrected chi connectivity index (χ2v) is 8.50. The zero-order chi connectivity index (χ0) is 24.8. The number of Topliss-reactive ketones (excluding diaryl/α,β-unsaturated/α-hetero) is 1. The van der Waals surface area contributed by atoms with Crippen LogP contribution in [0.25, 0.3) is 5.76 Å². The number of likely N-dealkylation sites (tertiary alicyclic amines) is 1. The highest BCUT2D eigenvalue weighted by molar-refractivity contribution is 6.46. The largest absolute Gasteiger partial charge is 0.507 e. The van der Waals surface area contributed by atoms with Crippen LogP contribution in [-0.4, -0.2) is 67.5 Å². The second-order valence-electron chi connectivity index (χ2n) is 8.50. The van der Waals surface area contributed by atoms with Gasteiger partial charge in [0.15, 0.2) is 0 Å². The highest BCUT2D eigenvalue weighted by Crippen LogP contribution is 2.40. The number of ketones is 1. The number of aryl methyl sites for hydroxylation is 1. The Morgan fingerprint density at radius 1 is 1.15 bits per heavy atom. The van der Waals surface area contributed by atoms with Gasteiger partial charge in [-0.25, -0.2) is 0 Å². The van der Waals surface area contributed by atoms with Gasteiger partial charge >= 0.3 is 0 Å². The number of amides is 1. The minimum atomic E-state index is -0.697. The Bertz CT molecular complexity index is 1090. The van der Waals surface area contributed by atoms with Crippen LogP contribution in [-0.2, 0) is 9.59 Å². The van der Waals surface area contributed by atoms with Crippen molar-refractivity contribution in [2.75, 3.05) is 40.9 Å². The average Bonchev–Trinajstić information content (AvgIpc) is 3.07. The summed E-state index contributed by atoms with van der Waals surface area (Å²) in [6, 6.07) is 11.7. The lowest BCUT2D eigenvalue weighted by Crippen LogP contribution is -2.32. The molecule has 1 heterocycles. The molecule has 0 unspecified atom stereocenters. The molecule has 0 aromatic heterocycles. The van der Waals surface area contributed by atoms with E-state index in [2.05, 4.69) is 6.58 Å². The van der Waals surface area contributed by atoms with Crippen LogP contribution < -0.4 is 9.47 Å². The van der Waals surface area contributed by atoms with Crippen molar-refractivity contribution < 1.29 is 24.2 Å². The Labute approximate surface area is 200 Å². The number of ether oxygens (including phenoxy) is 2. The molecule has 1 N–H and O–H groups in total. The number of rotatable bonds is 10. The van der Waals surface area contributed by atoms with E-state index < -0.39 is 17.7 Å². The Morgan fingerprint density at radius 2 is 1.82 bits per heavy atom. The number of carbonyl (C=O) groups is 2. The second kappa shape index (κ2) is 11.0. The summed E-state index contributed by atoms with van der Waals surface area (Å²) in [7, 11) is 5.48. The number of hydrogen-bond donors (Lipinski definition) is 1. The number of hydrogen-bond acceptors (Lipinski definition) is 6. The van der Waals surface area contributed by atoms with Crippen molar-refractivity contribution in [3.63, 3.8) is 0 Å². The number of nitrogens with zero attached hydrogens (tertiary/aromatic N) is 2. The smallest absolute Gasteiger partial charge is 0.295 e. The topological polar surface area (TPSA) is 79.3 Å². The van der Waals surface area contributed by atoms with Gasteiger partial charge in [0.25, 0.3) is 11.7 Å². The lowest BCUT2D eigenvalue weighted by molar-refractivity contribution is -0.139. The minimum absolute atomic E-state index is 0.0860. The van der Waals surface area contributed by atoms with E-state index in [0.29, 0.717) is 36.6 Å². The molecule has 7 nitrogen and oxygen atoms in total. The van der Waals surface area contributed by atoms with Gasteiger partial charge in [0, 0.05) is 12.1 Å². The molecule has 0 spiro atoms. The number of benzene rings is 2. The predicted molar refractivity (Wildman–Crippen MR) is 132 cm³/mol. The molecule has 1 saturated heterocycles. The highest BCUT2D eigenvalue weighted by atomic mass is 16.5. The van der Waals surface area contributed by atoms with E-state index in [4.69, 9.17) is 9.47 Å². The SMILES string of the molecule is C=CCOc1ccc([C@H]2C(=C(O)c3ccc(OC)cc3C)C(=O)C(=O)N2CCCN(C)C)cc1. The Morgan fingerprint density at radius 3 is 2.41 bits per heavy atom. The van der Waals surface area contributed by atoms with Crippen LogP contribution in [0.5, 0.6) is 11.5 Å². The first-order valence-corrected chi connectivity index (χ1v) is 11.2. The molecule has 0 saturated carbocycles. The van der Waals surface area contributed by atoms with E-state index >= 15 is 0 Å². The van der Waals surface area contributed by atoms with Gasteiger partial charge in [0.2, 0.25) is 0 Å². The van der Waals surface area contributed by atoms with E-state index in [9.17, 15) is 14.7 Å². The van der Waals surface area contributed by atoms with E-state index in [-0.39, 0.29) is 11.3 Å². The van der Waals surface area contributed by atoms with Crippen LogP contribution in [0.3, 0.4) is 0 Å². The average molecular weight is 465 g/mol. The number of carbonyl (C=O) groups excluding carboxylic acids is 2. The molecule has 7 heteroatoms. The van der Waals surface area contributed by atoms with Crippen molar-refractivity contribution in [3.05, 3.63) is 77.4 Å². The van der Waals surface area contributed by atoms with Gasteiger partial charge in [-0.3, -0.25) is 9.59 Å². The summed E-state index contributed by atoms with van der Waals surface area (Å²) >= 11 is 0. The van der Waals surface area contributed by atoms with Gasteiger partial charge in [-0.15, -0.1) is 0 Å². The molecule has 1 fully saturated rings. The van der Waals surface area contributed by atoms with E-state index in [1.165, 1.54) is 0 Å². The van der Waals surface area contributed by atoms with Crippen LogP contribution >= 0.6 is 0 Å². The third kappa shape index (κ3) is 5.31. The first-order chi connectivity index (χ1) is 16.3. The number of methoxy groups -OCH3 is 1. The Kier molecular flexibility index (Phi) is 8.12. The maximum absolute atomic E-state index is 13.2. The standard InChI is InChI=1S/C27H32N2O5/c1-6-16-34-20-10-8-19(9-11-20)24-23(25(30)22-13-12-21(33-5)17-18(22)2)26(31)27(32)29(24)15-7-14-28(3)4/h6,8-13,17,24,30H,1,7,14-16H2,2-5H3/t24-/m0/s1. The van der Waals surface area contributed by atoms with E-state index in [0.717, 1.165) is 17.7 Å². The van der Waals surface area contributed by atoms with Gasteiger partial charge in [-0.05, 0) is 75.4 Å². The summed E-state index contributed by atoms with van der Waals surface area (Å²) in [5, 5.41) is 11.3. The maximum atomic E-state index is 13.2. The van der Waals surface area contributed by atoms with Crippen molar-refractivity contribution in [2.45, 2.75) is 19.4 Å². The normalized spacial score (nSPS) is 17.3. The molecule has 2 aromatic carbocycles. The zero-order valence-corrected chi connectivity index (χ0v) is 20.2. The zero-order valence-electron chi connectivity index (χ0n) is 20.2. The molecule has 1 aliphatic heterocycles. The van der Waals surface area contributed by atoms with Crippen LogP contribution in [0.2, 0.25) is 0 Å². The number of aliphatic hydroxyl groups excluding tert-OH is 1. The predicted octanol–water partition coefficient (Wildman–Crippen LogP) is 3.94. The molecule has 1 aliphatic rings. The van der Waals surface area contributed by atoms with Crippen molar-refractivity contribution >= 4 is 17.4 Å². The summed E-state index contributed by atoms with van der Waals surface area (Å²) in [6.45, 7) is 7.00. The third-order valence-corrected chi connectivity index (χ3v) is 5.80. The molecule has 34 heavy (non-hydrogen) atoms. The van der Waals surface area contributed by atoms with Crippen molar-refractivity contribution in [1.82, 2.24) is 9.80 Å². The highest BCUT2D eigenvalue weighted by Gasteiger charge is 2.45. The molecule has 180 valence electrons. The Balaban J connectivity index is 2.08. The quantitative estimate of drug-likeness (QED) is 0.248. The molecule has 2 aromatic rings. The third-order valence-electron chi connectivity index (χ3n) is 5.80. The van der Waals surface area contributed by atoms with Crippen molar-refractivity contribution in [3.8, 4) is 11.5 Å². The molecular formula is C27H32N2O5. The molecule has 1 atom stereocenters. The summed E-state index contributed by atoms with van der Waals surface area (Å²) in [5.41, 5.74) is 2.04. The molecule has 3 rings (SSSR count). The first kappa shape index (κ1) is 25.1. The fourth-order valence-electron chi connectivity index (χ4n) is 4.09. The van der Waals surface area contributed by atoms with Crippen LogP contribution in [0.1, 0.15) is 29.2 Å². The molecule has 0 aliphatic carbocycles. The van der Waals surface area contributed by atoms with Gasteiger partial charge in [0.05, 0.1) is 18.7 Å². The number of aliphatic hydroxyl groups is 1. The van der Waals surface area contributed by atoms with E-state index in [1.54, 1.807) is 48.4 Å². The van der Waals surface area contributed by atoms with E-state index in [1.807, 2.05) is 38.1 Å². The lowest BCUT2D eigenvalue weighted by atomic mass is 9.93. The minimum Gasteiger partial charge on any atom is -0.507 e. The van der Waals surface area contributed by atoms with Crippen LogP contribution in [0, 0.1) is 6.92 Å². The fraction of sp³-hybridized carbons (Fsp3) is 0.333. The first-order valence-electron chi connectivity index (χ1n) is 11.2. The molecule has 0 bridgehead atoms. The van der Waals surface area contributed by atoms with Crippen molar-refractivity contribution in [1.29, 1.82) is 0 Å². The van der Waals surface area contributed by atoms with Gasteiger partial charge in [0.1, 0.15) is 23.9 Å². The Hall–Kier alpha value is -3.58. The molecule has 1 amide bonds. The molecular weight excluding hydrogens is 432 g/mol. The van der Waals surface area contributed by atoms with Crippen molar-refractivity contribution in [2.24, 2.45) is 0 Å². The lowest BCUT2D eigenvalue weighted by Gasteiger charge is -2.26. The maximum Gasteiger partial charge on any atom is 0.295 e. The van der Waals surface area contributed by atoms with Crippen LogP contribution in [0.4, 0.5) is 0 Å². The molecule has 0 radical (unpaired) electrons. The van der Waals surface area contributed by atoms with Gasteiger partial charge in [-0.2, -0.15) is 0 Å². The van der Waals surface area contributed by atoms with Gasteiger partial charge in [-0.1, -0.05) is 24.8 Å². The summed E-state index contributed by atoms with van der Waals surface area (Å²) in [6.07, 6.45) is 2.35. The summed E-state index contributed by atoms with van der Waals surface area (Å²) in [4.78, 5) is 29.8. The summed E-state index contributed by atoms with van der Waals surface area (Å²) < 4.78 is 10.8. The monoisotopic (exact) mass is 464 g/mol. The van der Waals surface area contributed by atoms with Crippen LogP contribution in [0.15, 0.2) is 60.7 Å². The fourth-order valence-corrected chi connectivity index (χ4v) is 4.09. The van der Waals surface area contributed by atoms with Gasteiger partial charge < -0.3 is 24.4 Å².